The van der Waals surface area contributed by atoms with Crippen LogP contribution >= 0.6 is 0 Å². The van der Waals surface area contributed by atoms with Gasteiger partial charge < -0.3 is 19.7 Å². The number of rotatable bonds is 5. The topological polar surface area (TPSA) is 67.9 Å². The molecule has 2 amide bonds. The molecule has 2 aromatic carbocycles. The number of carbonyl (C=O) groups excluding carboxylic acids is 2. The maximum atomic E-state index is 12.8. The second kappa shape index (κ2) is 9.09. The van der Waals surface area contributed by atoms with Crippen LogP contribution in [0.2, 0.25) is 0 Å². The highest BCUT2D eigenvalue weighted by Crippen LogP contribution is 2.24. The molecule has 154 valence electrons. The Kier molecular flexibility index (Phi) is 6.54. The van der Waals surface area contributed by atoms with Crippen LogP contribution < -0.4 is 10.1 Å². The van der Waals surface area contributed by atoms with Gasteiger partial charge in [-0.05, 0) is 35.2 Å². The number of nitrogens with zero attached hydrogens (tertiary/aromatic N) is 1. The van der Waals surface area contributed by atoms with Gasteiger partial charge >= 0.3 is 0 Å². The van der Waals surface area contributed by atoms with Crippen LogP contribution in [-0.2, 0) is 14.9 Å². The summed E-state index contributed by atoms with van der Waals surface area (Å²) in [5, 5.41) is 2.79. The summed E-state index contributed by atoms with van der Waals surface area (Å²) in [6.45, 7) is 8.46. The van der Waals surface area contributed by atoms with Crippen molar-refractivity contribution in [1.29, 1.82) is 0 Å². The van der Waals surface area contributed by atoms with Gasteiger partial charge in [0.15, 0.2) is 6.61 Å². The Morgan fingerprint density at radius 1 is 1.03 bits per heavy atom. The van der Waals surface area contributed by atoms with Crippen LogP contribution in [0.25, 0.3) is 0 Å². The Hall–Kier alpha value is -2.86. The van der Waals surface area contributed by atoms with Crippen LogP contribution in [0.3, 0.4) is 0 Å². The van der Waals surface area contributed by atoms with Crippen LogP contribution in [0.15, 0.2) is 48.5 Å². The first-order valence-electron chi connectivity index (χ1n) is 9.84. The van der Waals surface area contributed by atoms with Crippen molar-refractivity contribution in [2.45, 2.75) is 26.2 Å². The number of carbonyl (C=O) groups is 2. The summed E-state index contributed by atoms with van der Waals surface area (Å²) in [6.07, 6.45) is 0. The van der Waals surface area contributed by atoms with E-state index in [4.69, 9.17) is 9.47 Å². The second-order valence-electron chi connectivity index (χ2n) is 8.06. The molecule has 1 aliphatic rings. The highest BCUT2D eigenvalue weighted by Gasteiger charge is 2.21. The maximum absolute atomic E-state index is 12.8. The molecule has 6 nitrogen and oxygen atoms in total. The molecule has 0 saturated carbocycles. The molecule has 0 bridgehead atoms. The number of benzene rings is 2. The number of anilines is 1. The van der Waals surface area contributed by atoms with Crippen LogP contribution in [0.4, 0.5) is 5.69 Å². The molecule has 0 atom stereocenters. The molecule has 0 spiro atoms. The second-order valence-corrected chi connectivity index (χ2v) is 8.06. The Bertz CT molecular complexity index is 850. The summed E-state index contributed by atoms with van der Waals surface area (Å²) in [6, 6.07) is 14.8. The fourth-order valence-electron chi connectivity index (χ4n) is 3.10. The molecule has 1 fully saturated rings. The lowest BCUT2D eigenvalue weighted by atomic mass is 9.87. The number of morpholine rings is 1. The number of amides is 2. The number of para-hydroxylation sites is 1. The Labute approximate surface area is 171 Å². The molecule has 6 heteroatoms. The van der Waals surface area contributed by atoms with Gasteiger partial charge in [0.2, 0.25) is 0 Å². The fraction of sp³-hybridized carbons (Fsp3) is 0.391. The smallest absolute Gasteiger partial charge is 0.262 e. The zero-order valence-electron chi connectivity index (χ0n) is 17.2. The van der Waals surface area contributed by atoms with E-state index in [-0.39, 0.29) is 23.8 Å². The maximum Gasteiger partial charge on any atom is 0.262 e. The van der Waals surface area contributed by atoms with E-state index < -0.39 is 0 Å². The summed E-state index contributed by atoms with van der Waals surface area (Å²) in [5.74, 6) is 0.209. The molecule has 0 aliphatic carbocycles. The number of nitrogens with one attached hydrogen (secondary N) is 1. The van der Waals surface area contributed by atoms with Crippen LogP contribution in [0.1, 0.15) is 36.7 Å². The lowest BCUT2D eigenvalue weighted by Crippen LogP contribution is -2.41. The lowest BCUT2D eigenvalue weighted by molar-refractivity contribution is -0.118. The highest BCUT2D eigenvalue weighted by atomic mass is 16.5. The van der Waals surface area contributed by atoms with E-state index in [1.54, 1.807) is 29.2 Å². The summed E-state index contributed by atoms with van der Waals surface area (Å²) in [4.78, 5) is 26.9. The van der Waals surface area contributed by atoms with Gasteiger partial charge in [-0.3, -0.25) is 9.59 Å². The van der Waals surface area contributed by atoms with Gasteiger partial charge in [0.1, 0.15) is 5.75 Å². The van der Waals surface area contributed by atoms with Crippen molar-refractivity contribution >= 4 is 17.5 Å². The van der Waals surface area contributed by atoms with E-state index >= 15 is 0 Å². The molecule has 1 aliphatic heterocycles. The Balaban J connectivity index is 1.60. The summed E-state index contributed by atoms with van der Waals surface area (Å²) >= 11 is 0. The van der Waals surface area contributed by atoms with Gasteiger partial charge in [0.25, 0.3) is 11.8 Å². The monoisotopic (exact) mass is 396 g/mol. The zero-order valence-corrected chi connectivity index (χ0v) is 17.2. The predicted octanol–water partition coefficient (Wildman–Crippen LogP) is 3.47. The minimum Gasteiger partial charge on any atom is -0.484 e. The quantitative estimate of drug-likeness (QED) is 0.840. The first-order valence-corrected chi connectivity index (χ1v) is 9.84. The molecule has 1 heterocycles. The first-order chi connectivity index (χ1) is 13.8. The molecule has 1 saturated heterocycles. The third-order valence-electron chi connectivity index (χ3n) is 4.82. The van der Waals surface area contributed by atoms with E-state index in [0.717, 1.165) is 0 Å². The predicted molar refractivity (Wildman–Crippen MR) is 112 cm³/mol. The van der Waals surface area contributed by atoms with Gasteiger partial charge in [-0.1, -0.05) is 45.0 Å². The fourth-order valence-corrected chi connectivity index (χ4v) is 3.10. The van der Waals surface area contributed by atoms with Crippen molar-refractivity contribution < 1.29 is 19.1 Å². The first kappa shape index (κ1) is 20.9. The highest BCUT2D eigenvalue weighted by molar-refractivity contribution is 6.04. The van der Waals surface area contributed by atoms with Gasteiger partial charge in [0.05, 0.1) is 24.5 Å². The molecule has 1 N–H and O–H groups in total. The van der Waals surface area contributed by atoms with Crippen molar-refractivity contribution in [3.05, 3.63) is 59.7 Å². The standard InChI is InChI=1S/C23H28N2O4/c1-23(2,3)17-8-10-18(11-9-17)29-16-21(26)24-20-7-5-4-6-19(20)22(27)25-12-14-28-15-13-25/h4-11H,12-16H2,1-3H3,(H,24,26). The van der Waals surface area contributed by atoms with Crippen molar-refractivity contribution in [1.82, 2.24) is 4.90 Å². The number of hydrogen-bond acceptors (Lipinski definition) is 4. The third-order valence-corrected chi connectivity index (χ3v) is 4.82. The lowest BCUT2D eigenvalue weighted by Gasteiger charge is -2.27. The average molecular weight is 396 g/mol. The molecule has 2 aromatic rings. The molecular weight excluding hydrogens is 368 g/mol. The van der Waals surface area contributed by atoms with Gasteiger partial charge in [-0.2, -0.15) is 0 Å². The van der Waals surface area contributed by atoms with Crippen molar-refractivity contribution in [2.75, 3.05) is 38.2 Å². The molecule has 0 radical (unpaired) electrons. The Morgan fingerprint density at radius 2 is 1.69 bits per heavy atom. The normalized spacial score (nSPS) is 14.4. The largest absolute Gasteiger partial charge is 0.484 e. The van der Waals surface area contributed by atoms with E-state index in [1.807, 2.05) is 24.3 Å². The van der Waals surface area contributed by atoms with Crippen molar-refractivity contribution in [3.63, 3.8) is 0 Å². The average Bonchev–Trinajstić information content (AvgIpc) is 2.72. The minimum atomic E-state index is -0.313. The summed E-state index contributed by atoms with van der Waals surface area (Å²) < 4.78 is 10.9. The summed E-state index contributed by atoms with van der Waals surface area (Å²) in [7, 11) is 0. The van der Waals surface area contributed by atoms with Crippen LogP contribution in [0.5, 0.6) is 5.75 Å². The Morgan fingerprint density at radius 3 is 2.34 bits per heavy atom. The SMILES string of the molecule is CC(C)(C)c1ccc(OCC(=O)Nc2ccccc2C(=O)N2CCOCC2)cc1. The molecule has 3 rings (SSSR count). The molecular formula is C23H28N2O4. The zero-order chi connectivity index (χ0) is 20.9. The van der Waals surface area contributed by atoms with E-state index in [9.17, 15) is 9.59 Å². The van der Waals surface area contributed by atoms with Crippen molar-refractivity contribution in [2.24, 2.45) is 0 Å². The summed E-state index contributed by atoms with van der Waals surface area (Å²) in [5.41, 5.74) is 2.22. The van der Waals surface area contributed by atoms with E-state index in [0.29, 0.717) is 43.3 Å². The molecule has 29 heavy (non-hydrogen) atoms. The van der Waals surface area contributed by atoms with Crippen LogP contribution in [0, 0.1) is 0 Å². The van der Waals surface area contributed by atoms with Gasteiger partial charge in [0, 0.05) is 13.1 Å². The number of ether oxygens (including phenoxy) is 2. The minimum absolute atomic E-state index is 0.0621. The van der Waals surface area contributed by atoms with Crippen molar-refractivity contribution in [3.8, 4) is 5.75 Å². The third kappa shape index (κ3) is 5.57. The van der Waals surface area contributed by atoms with Gasteiger partial charge in [-0.15, -0.1) is 0 Å². The van der Waals surface area contributed by atoms with E-state index in [1.165, 1.54) is 5.56 Å². The van der Waals surface area contributed by atoms with Gasteiger partial charge in [-0.25, -0.2) is 0 Å². The number of hydrogen-bond donors (Lipinski definition) is 1. The molecule has 0 aromatic heterocycles. The van der Waals surface area contributed by atoms with E-state index in [2.05, 4.69) is 26.1 Å². The van der Waals surface area contributed by atoms with Crippen LogP contribution in [-0.4, -0.2) is 49.6 Å². The molecule has 0 unspecified atom stereocenters.